The second-order valence-electron chi connectivity index (χ2n) is 3.82. The highest BCUT2D eigenvalue weighted by Gasteiger charge is 2.23. The quantitative estimate of drug-likeness (QED) is 0.531. The predicted octanol–water partition coefficient (Wildman–Crippen LogP) is 1.16. The molecule has 0 aromatic carbocycles. The molecule has 0 amide bonds. The van der Waals surface area contributed by atoms with Gasteiger partial charge in [0.25, 0.3) is 0 Å². The van der Waals surface area contributed by atoms with Crippen molar-refractivity contribution in [2.24, 2.45) is 5.10 Å². The van der Waals surface area contributed by atoms with Crippen LogP contribution in [0.3, 0.4) is 0 Å². The van der Waals surface area contributed by atoms with Gasteiger partial charge in [0, 0.05) is 24.7 Å². The van der Waals surface area contributed by atoms with Crippen LogP contribution in [0.5, 0.6) is 0 Å². The Labute approximate surface area is 85.6 Å². The lowest BCUT2D eigenvalue weighted by Gasteiger charge is -2.33. The Hall–Kier alpha value is -1.03. The van der Waals surface area contributed by atoms with Crippen LogP contribution in [0.25, 0.3) is 0 Å². The first kappa shape index (κ1) is 11.0. The van der Waals surface area contributed by atoms with Gasteiger partial charge >= 0.3 is 0 Å². The molecule has 4 nitrogen and oxygen atoms in total. The third-order valence-corrected chi connectivity index (χ3v) is 2.00. The minimum absolute atomic E-state index is 0.358. The number of nitrogens with one attached hydrogen (secondary N) is 1. The van der Waals surface area contributed by atoms with Gasteiger partial charge in [-0.3, -0.25) is 5.01 Å². The highest BCUT2D eigenvalue weighted by atomic mass is 16.5. The number of hydrogen-bond donors (Lipinski definition) is 1. The normalized spacial score (nSPS) is 17.9. The second kappa shape index (κ2) is 5.00. The molecule has 0 saturated carbocycles. The summed E-state index contributed by atoms with van der Waals surface area (Å²) in [5.74, 6) is 0. The molecule has 0 aliphatic carbocycles. The molecule has 1 heterocycles. The van der Waals surface area contributed by atoms with E-state index in [1.165, 1.54) is 0 Å². The Kier molecular flexibility index (Phi) is 3.95. The number of hydrogen-bond acceptors (Lipinski definition) is 4. The average molecular weight is 197 g/mol. The Balaban J connectivity index is 2.47. The van der Waals surface area contributed by atoms with Gasteiger partial charge in [0.2, 0.25) is 0 Å². The molecule has 1 aliphatic heterocycles. The fourth-order valence-electron chi connectivity index (χ4n) is 1.33. The smallest absolute Gasteiger partial charge is 0.0985 e. The molecular weight excluding hydrogens is 178 g/mol. The van der Waals surface area contributed by atoms with E-state index < -0.39 is 0 Å². The number of ether oxygens (including phenoxy) is 1. The van der Waals surface area contributed by atoms with Gasteiger partial charge in [-0.05, 0) is 20.8 Å². The van der Waals surface area contributed by atoms with Crippen molar-refractivity contribution in [1.82, 2.24) is 10.3 Å². The van der Waals surface area contributed by atoms with Crippen LogP contribution < -0.4 is 5.32 Å². The third kappa shape index (κ3) is 3.03. The lowest BCUT2D eigenvalue weighted by atomic mass is 10.2. The van der Waals surface area contributed by atoms with E-state index in [4.69, 9.17) is 4.74 Å². The van der Waals surface area contributed by atoms with Crippen LogP contribution in [0.15, 0.2) is 17.0 Å². The molecule has 1 N–H and O–H groups in total. The fourth-order valence-corrected chi connectivity index (χ4v) is 1.33. The van der Waals surface area contributed by atoms with E-state index in [2.05, 4.69) is 31.0 Å². The van der Waals surface area contributed by atoms with Crippen LogP contribution in [0, 0.1) is 0 Å². The van der Waals surface area contributed by atoms with Crippen molar-refractivity contribution in [3.63, 3.8) is 0 Å². The van der Waals surface area contributed by atoms with Crippen molar-refractivity contribution in [2.45, 2.75) is 32.9 Å². The van der Waals surface area contributed by atoms with E-state index in [9.17, 15) is 0 Å². The van der Waals surface area contributed by atoms with Gasteiger partial charge in [-0.25, -0.2) is 0 Å². The van der Waals surface area contributed by atoms with Crippen LogP contribution >= 0.6 is 0 Å². The van der Waals surface area contributed by atoms with E-state index in [1.54, 1.807) is 0 Å². The molecule has 14 heavy (non-hydrogen) atoms. The molecular formula is C10H19N3O. The summed E-state index contributed by atoms with van der Waals surface area (Å²) in [6, 6.07) is 0.798. The van der Waals surface area contributed by atoms with Crippen molar-refractivity contribution < 1.29 is 4.74 Å². The van der Waals surface area contributed by atoms with Crippen LogP contribution in [0.2, 0.25) is 0 Å². The molecule has 0 spiro atoms. The van der Waals surface area contributed by atoms with Gasteiger partial charge in [0.05, 0.1) is 19.3 Å². The third-order valence-electron chi connectivity index (χ3n) is 2.00. The van der Waals surface area contributed by atoms with E-state index in [0.717, 1.165) is 18.9 Å². The molecule has 1 rings (SSSR count). The van der Waals surface area contributed by atoms with Crippen molar-refractivity contribution in [3.8, 4) is 0 Å². The number of rotatable bonds is 5. The summed E-state index contributed by atoms with van der Waals surface area (Å²) in [6.07, 6.45) is 1.97. The Morgan fingerprint density at radius 1 is 1.64 bits per heavy atom. The number of nitrogens with zero attached hydrogens (tertiary/aromatic N) is 2. The summed E-state index contributed by atoms with van der Waals surface area (Å²) in [5, 5.41) is 9.10. The van der Waals surface area contributed by atoms with Gasteiger partial charge in [-0.1, -0.05) is 0 Å². The fraction of sp³-hybridized carbons (Fsp3) is 0.700. The van der Waals surface area contributed by atoms with Crippen molar-refractivity contribution in [2.75, 3.05) is 13.2 Å². The zero-order valence-electron chi connectivity index (χ0n) is 9.16. The zero-order valence-corrected chi connectivity index (χ0v) is 9.16. The predicted molar refractivity (Wildman–Crippen MR) is 58.0 cm³/mol. The maximum Gasteiger partial charge on any atom is 0.0985 e. The molecule has 0 aromatic rings. The summed E-state index contributed by atoms with van der Waals surface area (Å²) < 4.78 is 5.10. The summed E-state index contributed by atoms with van der Waals surface area (Å²) >= 11 is 0. The minimum Gasteiger partial charge on any atom is -0.385 e. The molecule has 0 radical (unpaired) electrons. The van der Waals surface area contributed by atoms with Crippen LogP contribution in [-0.2, 0) is 4.74 Å². The molecule has 1 fully saturated rings. The Bertz CT molecular complexity index is 221. The standard InChI is InChI=1S/C10H19N3O/c1-8(2)12-9(3)5-13(11-4)10-6-14-7-10/h5,8,10,12H,4,6-7H2,1-3H3/b9-5+. The topological polar surface area (TPSA) is 36.9 Å². The van der Waals surface area contributed by atoms with Gasteiger partial charge in [0.15, 0.2) is 0 Å². The zero-order chi connectivity index (χ0) is 10.6. The van der Waals surface area contributed by atoms with E-state index >= 15 is 0 Å². The summed E-state index contributed by atoms with van der Waals surface area (Å²) in [4.78, 5) is 0. The Morgan fingerprint density at radius 2 is 2.29 bits per heavy atom. The molecule has 1 aliphatic rings. The number of allylic oxidation sites excluding steroid dienone is 1. The largest absolute Gasteiger partial charge is 0.385 e. The van der Waals surface area contributed by atoms with E-state index in [0.29, 0.717) is 12.1 Å². The van der Waals surface area contributed by atoms with Gasteiger partial charge in [-0.2, -0.15) is 5.10 Å². The summed E-state index contributed by atoms with van der Waals surface area (Å²) in [5.41, 5.74) is 1.10. The van der Waals surface area contributed by atoms with Gasteiger partial charge < -0.3 is 10.1 Å². The Morgan fingerprint density at radius 3 is 2.64 bits per heavy atom. The molecule has 0 atom stereocenters. The van der Waals surface area contributed by atoms with Gasteiger partial charge in [-0.15, -0.1) is 0 Å². The highest BCUT2D eigenvalue weighted by molar-refractivity contribution is 5.23. The first-order valence-corrected chi connectivity index (χ1v) is 4.91. The molecule has 0 bridgehead atoms. The van der Waals surface area contributed by atoms with E-state index in [-0.39, 0.29) is 0 Å². The van der Waals surface area contributed by atoms with Crippen LogP contribution in [-0.4, -0.2) is 37.0 Å². The van der Waals surface area contributed by atoms with Crippen molar-refractivity contribution in [1.29, 1.82) is 0 Å². The van der Waals surface area contributed by atoms with E-state index in [1.807, 2.05) is 18.1 Å². The average Bonchev–Trinajstić information content (AvgIpc) is 1.98. The van der Waals surface area contributed by atoms with Gasteiger partial charge in [0.1, 0.15) is 0 Å². The lowest BCUT2D eigenvalue weighted by Crippen LogP contribution is -2.44. The highest BCUT2D eigenvalue weighted by Crippen LogP contribution is 2.11. The number of hydrazone groups is 1. The SMILES string of the molecule is C=NN(/C=C(\C)NC(C)C)C1COC1. The lowest BCUT2D eigenvalue weighted by molar-refractivity contribution is -0.0480. The summed E-state index contributed by atoms with van der Waals surface area (Å²) in [6.45, 7) is 11.3. The maximum absolute atomic E-state index is 5.10. The molecule has 80 valence electrons. The van der Waals surface area contributed by atoms with Crippen LogP contribution in [0.1, 0.15) is 20.8 Å². The first-order valence-electron chi connectivity index (χ1n) is 4.91. The van der Waals surface area contributed by atoms with Crippen molar-refractivity contribution in [3.05, 3.63) is 11.9 Å². The molecule has 1 saturated heterocycles. The summed E-state index contributed by atoms with van der Waals surface area (Å²) in [7, 11) is 0. The first-order chi connectivity index (χ1) is 6.63. The molecule has 0 aromatic heterocycles. The minimum atomic E-state index is 0.358. The van der Waals surface area contributed by atoms with Crippen LogP contribution in [0.4, 0.5) is 0 Å². The monoisotopic (exact) mass is 197 g/mol. The maximum atomic E-state index is 5.10. The second-order valence-corrected chi connectivity index (χ2v) is 3.82. The molecule has 0 unspecified atom stereocenters. The molecule has 4 heteroatoms. The van der Waals surface area contributed by atoms with Crippen molar-refractivity contribution >= 4 is 6.72 Å².